The Morgan fingerprint density at radius 3 is 2.41 bits per heavy atom. The molecule has 2 heterocycles. The zero-order chi connectivity index (χ0) is 24.8. The first-order valence-corrected chi connectivity index (χ1v) is 11.2. The SMILES string of the molecule is CCC(CC)NC(=O)c1cc(-c2cccc(-c3ncc(C(=O)N[C@H](C(=O)O)C(C)C)o3)c2)n[nH]1. The first-order chi connectivity index (χ1) is 16.2. The summed E-state index contributed by atoms with van der Waals surface area (Å²) >= 11 is 0. The monoisotopic (exact) mass is 467 g/mol. The van der Waals surface area contributed by atoms with Crippen molar-refractivity contribution in [3.05, 3.63) is 48.0 Å². The Labute approximate surface area is 197 Å². The molecule has 0 aliphatic carbocycles. The zero-order valence-electron chi connectivity index (χ0n) is 19.6. The third-order valence-electron chi connectivity index (χ3n) is 5.50. The summed E-state index contributed by atoms with van der Waals surface area (Å²) in [5.74, 6) is -2.18. The van der Waals surface area contributed by atoms with Gasteiger partial charge in [-0.05, 0) is 37.0 Å². The van der Waals surface area contributed by atoms with Gasteiger partial charge in [-0.2, -0.15) is 5.10 Å². The number of nitrogens with zero attached hydrogens (tertiary/aromatic N) is 2. The molecule has 3 rings (SSSR count). The van der Waals surface area contributed by atoms with Crippen molar-refractivity contribution >= 4 is 17.8 Å². The van der Waals surface area contributed by atoms with Crippen molar-refractivity contribution in [3.8, 4) is 22.7 Å². The summed E-state index contributed by atoms with van der Waals surface area (Å²) in [4.78, 5) is 40.4. The van der Waals surface area contributed by atoms with E-state index >= 15 is 0 Å². The van der Waals surface area contributed by atoms with Gasteiger partial charge in [-0.3, -0.25) is 14.7 Å². The van der Waals surface area contributed by atoms with E-state index in [0.29, 0.717) is 17.0 Å². The fraction of sp³-hybridized carbons (Fsp3) is 0.375. The lowest BCUT2D eigenvalue weighted by atomic mass is 10.0. The summed E-state index contributed by atoms with van der Waals surface area (Å²) in [6.45, 7) is 7.44. The standard InChI is InChI=1S/C24H29N5O5/c1-5-16(6-2)26-21(30)18-11-17(28-29-18)14-8-7-9-15(10-14)23-25-12-19(34-23)22(31)27-20(13(3)4)24(32)33/h7-13,16,20H,5-6H2,1-4H3,(H,26,30)(H,27,31)(H,28,29)(H,32,33)/t20-/m0/s1. The fourth-order valence-electron chi connectivity index (χ4n) is 3.39. The number of carboxylic acids is 1. The van der Waals surface area contributed by atoms with Gasteiger partial charge in [-0.15, -0.1) is 0 Å². The van der Waals surface area contributed by atoms with Crippen LogP contribution in [-0.4, -0.2) is 50.2 Å². The lowest BCUT2D eigenvalue weighted by Gasteiger charge is -2.16. The van der Waals surface area contributed by atoms with E-state index in [0.717, 1.165) is 18.4 Å². The van der Waals surface area contributed by atoms with Crippen molar-refractivity contribution in [2.45, 2.75) is 52.6 Å². The minimum absolute atomic E-state index is 0.0903. The number of carboxylic acid groups (broad SMARTS) is 1. The number of aromatic nitrogens is 3. The first-order valence-electron chi connectivity index (χ1n) is 11.2. The van der Waals surface area contributed by atoms with Gasteiger partial charge in [0.05, 0.1) is 11.9 Å². The second-order valence-corrected chi connectivity index (χ2v) is 8.30. The average Bonchev–Trinajstić information content (AvgIpc) is 3.51. The molecule has 1 aromatic carbocycles. The quantitative estimate of drug-likeness (QED) is 0.356. The van der Waals surface area contributed by atoms with Gasteiger partial charge in [-0.1, -0.05) is 39.8 Å². The molecule has 0 saturated heterocycles. The molecule has 0 bridgehead atoms. The van der Waals surface area contributed by atoms with Crippen LogP contribution in [0.2, 0.25) is 0 Å². The molecule has 2 aromatic heterocycles. The molecule has 10 nitrogen and oxygen atoms in total. The number of H-pyrrole nitrogens is 1. The van der Waals surface area contributed by atoms with Crippen LogP contribution >= 0.6 is 0 Å². The van der Waals surface area contributed by atoms with E-state index in [1.807, 2.05) is 19.9 Å². The van der Waals surface area contributed by atoms with Crippen LogP contribution < -0.4 is 10.6 Å². The van der Waals surface area contributed by atoms with Gasteiger partial charge < -0.3 is 20.2 Å². The maximum Gasteiger partial charge on any atom is 0.326 e. The minimum Gasteiger partial charge on any atom is -0.480 e. The predicted octanol–water partition coefficient (Wildman–Crippen LogP) is 3.49. The smallest absolute Gasteiger partial charge is 0.326 e. The van der Waals surface area contributed by atoms with E-state index in [-0.39, 0.29) is 29.5 Å². The van der Waals surface area contributed by atoms with Gasteiger partial charge in [-0.25, -0.2) is 9.78 Å². The molecule has 0 aliphatic heterocycles. The summed E-state index contributed by atoms with van der Waals surface area (Å²) in [6, 6.07) is 7.89. The molecular formula is C24H29N5O5. The molecule has 0 fully saturated rings. The average molecular weight is 468 g/mol. The van der Waals surface area contributed by atoms with Gasteiger partial charge in [0.1, 0.15) is 11.7 Å². The number of aromatic amines is 1. The maximum absolute atomic E-state index is 12.5. The molecule has 1 atom stereocenters. The molecule has 4 N–H and O–H groups in total. The Morgan fingerprint density at radius 2 is 1.76 bits per heavy atom. The van der Waals surface area contributed by atoms with E-state index in [1.54, 1.807) is 38.1 Å². The van der Waals surface area contributed by atoms with Gasteiger partial charge >= 0.3 is 5.97 Å². The lowest BCUT2D eigenvalue weighted by molar-refractivity contribution is -0.140. The van der Waals surface area contributed by atoms with Gasteiger partial charge in [0, 0.05) is 17.2 Å². The molecule has 10 heteroatoms. The number of benzene rings is 1. The number of oxazole rings is 1. The molecule has 0 unspecified atom stereocenters. The minimum atomic E-state index is -1.12. The van der Waals surface area contributed by atoms with Crippen molar-refractivity contribution < 1.29 is 23.9 Å². The summed E-state index contributed by atoms with van der Waals surface area (Å²) in [6.07, 6.45) is 2.94. The van der Waals surface area contributed by atoms with Crippen LogP contribution in [0.15, 0.2) is 40.9 Å². The Kier molecular flexibility index (Phi) is 7.83. The number of hydrogen-bond acceptors (Lipinski definition) is 6. The number of nitrogens with one attached hydrogen (secondary N) is 3. The van der Waals surface area contributed by atoms with E-state index in [4.69, 9.17) is 4.42 Å². The number of carbonyl (C=O) groups excluding carboxylic acids is 2. The Balaban J connectivity index is 1.76. The van der Waals surface area contributed by atoms with Crippen molar-refractivity contribution in [2.75, 3.05) is 0 Å². The topological polar surface area (TPSA) is 150 Å². The van der Waals surface area contributed by atoms with Crippen LogP contribution in [0.25, 0.3) is 22.7 Å². The third-order valence-corrected chi connectivity index (χ3v) is 5.50. The number of carbonyl (C=O) groups is 3. The van der Waals surface area contributed by atoms with E-state index in [9.17, 15) is 19.5 Å². The second kappa shape index (κ2) is 10.8. The van der Waals surface area contributed by atoms with Crippen LogP contribution in [-0.2, 0) is 4.79 Å². The van der Waals surface area contributed by atoms with E-state index in [2.05, 4.69) is 25.8 Å². The van der Waals surface area contributed by atoms with Gasteiger partial charge in [0.25, 0.3) is 11.8 Å². The van der Waals surface area contributed by atoms with Crippen LogP contribution in [0.5, 0.6) is 0 Å². The number of aliphatic carboxylic acids is 1. The predicted molar refractivity (Wildman–Crippen MR) is 125 cm³/mol. The number of hydrogen-bond donors (Lipinski definition) is 4. The van der Waals surface area contributed by atoms with Crippen molar-refractivity contribution in [1.82, 2.24) is 25.8 Å². The summed E-state index contributed by atoms with van der Waals surface area (Å²) in [7, 11) is 0. The maximum atomic E-state index is 12.5. The van der Waals surface area contributed by atoms with Crippen molar-refractivity contribution in [3.63, 3.8) is 0 Å². The van der Waals surface area contributed by atoms with Gasteiger partial charge in [0.2, 0.25) is 11.7 Å². The lowest BCUT2D eigenvalue weighted by Crippen LogP contribution is -2.44. The summed E-state index contributed by atoms with van der Waals surface area (Å²) < 4.78 is 5.59. The largest absolute Gasteiger partial charge is 0.480 e. The van der Waals surface area contributed by atoms with Crippen LogP contribution in [0.4, 0.5) is 0 Å². The number of rotatable bonds is 10. The van der Waals surface area contributed by atoms with E-state index < -0.39 is 17.9 Å². The van der Waals surface area contributed by atoms with Crippen molar-refractivity contribution in [2.24, 2.45) is 5.92 Å². The Bertz CT molecular complexity index is 1160. The highest BCUT2D eigenvalue weighted by Crippen LogP contribution is 2.26. The first kappa shape index (κ1) is 24.7. The third kappa shape index (κ3) is 5.69. The fourth-order valence-corrected chi connectivity index (χ4v) is 3.39. The molecule has 34 heavy (non-hydrogen) atoms. The summed E-state index contributed by atoms with van der Waals surface area (Å²) in [5, 5.41) is 21.7. The molecular weight excluding hydrogens is 438 g/mol. The molecule has 0 radical (unpaired) electrons. The normalized spacial score (nSPS) is 12.1. The molecule has 0 saturated carbocycles. The van der Waals surface area contributed by atoms with Crippen molar-refractivity contribution in [1.29, 1.82) is 0 Å². The molecule has 3 aromatic rings. The van der Waals surface area contributed by atoms with Crippen LogP contribution in [0.3, 0.4) is 0 Å². The van der Waals surface area contributed by atoms with Crippen LogP contribution in [0.1, 0.15) is 61.6 Å². The molecule has 0 spiro atoms. The second-order valence-electron chi connectivity index (χ2n) is 8.30. The number of amides is 2. The Hall–Kier alpha value is -3.95. The van der Waals surface area contributed by atoms with E-state index in [1.165, 1.54) is 6.20 Å². The molecule has 2 amide bonds. The zero-order valence-corrected chi connectivity index (χ0v) is 19.6. The Morgan fingerprint density at radius 1 is 1.06 bits per heavy atom. The summed E-state index contributed by atoms with van der Waals surface area (Å²) in [5.41, 5.74) is 2.26. The van der Waals surface area contributed by atoms with Gasteiger partial charge in [0.15, 0.2) is 0 Å². The highest BCUT2D eigenvalue weighted by molar-refractivity contribution is 5.95. The van der Waals surface area contributed by atoms with Crippen LogP contribution in [0, 0.1) is 5.92 Å². The molecule has 180 valence electrons. The highest BCUT2D eigenvalue weighted by Gasteiger charge is 2.26. The molecule has 0 aliphatic rings. The highest BCUT2D eigenvalue weighted by atomic mass is 16.4.